The van der Waals surface area contributed by atoms with Crippen LogP contribution in [0.15, 0.2) is 0 Å². The molecule has 6 heteroatoms. The minimum atomic E-state index is -0.535. The van der Waals surface area contributed by atoms with Crippen LogP contribution in [-0.2, 0) is 9.53 Å². The van der Waals surface area contributed by atoms with E-state index in [0.29, 0.717) is 13.0 Å². The molecule has 0 saturated carbocycles. The van der Waals surface area contributed by atoms with Crippen LogP contribution >= 0.6 is 0 Å². The summed E-state index contributed by atoms with van der Waals surface area (Å²) in [6.07, 6.45) is 2.15. The molecule has 5 nitrogen and oxygen atoms in total. The number of hydrogen-bond donors (Lipinski definition) is 1. The second kappa shape index (κ2) is 5.43. The topological polar surface area (TPSA) is 58.6 Å². The molecule has 0 aromatic carbocycles. The first-order valence-corrected chi connectivity index (χ1v) is 6.05. The van der Waals surface area contributed by atoms with Crippen LogP contribution in [0.5, 0.6) is 0 Å². The Hall–Kier alpha value is -1.20. The van der Waals surface area contributed by atoms with E-state index < -0.39 is 17.7 Å². The molecule has 1 fully saturated rings. The molecule has 0 aromatic heterocycles. The highest BCUT2D eigenvalue weighted by molar-refractivity contribution is 6.15. The van der Waals surface area contributed by atoms with Crippen LogP contribution in [-0.4, -0.2) is 43.0 Å². The molecule has 0 aliphatic carbocycles. The standard InChI is InChI=1S/C11H21BN2O3/c1-11(2,3)17-10(16)14(12)8-6-4-5-7-13-9(8)15/h8H,4-7,12H2,1-3H3,(H,13,15)/t8-/m0/s1. The van der Waals surface area contributed by atoms with E-state index in [1.165, 1.54) is 4.81 Å². The summed E-state index contributed by atoms with van der Waals surface area (Å²) in [6, 6.07) is -0.410. The van der Waals surface area contributed by atoms with Crippen LogP contribution in [0.3, 0.4) is 0 Å². The second-order valence-electron chi connectivity index (χ2n) is 5.39. The molecular formula is C11H21BN2O3. The van der Waals surface area contributed by atoms with Gasteiger partial charge in [-0.15, -0.1) is 0 Å². The third-order valence-corrected chi connectivity index (χ3v) is 2.66. The van der Waals surface area contributed by atoms with Gasteiger partial charge in [0.2, 0.25) is 13.9 Å². The van der Waals surface area contributed by atoms with Gasteiger partial charge in [0.1, 0.15) is 11.6 Å². The molecule has 17 heavy (non-hydrogen) atoms. The molecule has 0 bridgehead atoms. The summed E-state index contributed by atoms with van der Waals surface area (Å²) in [6.45, 7) is 6.13. The third kappa shape index (κ3) is 4.28. The summed E-state index contributed by atoms with van der Waals surface area (Å²) >= 11 is 0. The van der Waals surface area contributed by atoms with Crippen molar-refractivity contribution < 1.29 is 14.3 Å². The number of nitrogens with zero attached hydrogens (tertiary/aromatic N) is 1. The van der Waals surface area contributed by atoms with Gasteiger partial charge in [-0.25, -0.2) is 4.79 Å². The average Bonchev–Trinajstić information content (AvgIpc) is 2.39. The molecule has 1 rings (SSSR count). The summed E-state index contributed by atoms with van der Waals surface area (Å²) in [5.41, 5.74) is -0.535. The van der Waals surface area contributed by atoms with Crippen LogP contribution in [0.25, 0.3) is 0 Å². The molecule has 1 aliphatic rings. The maximum absolute atomic E-state index is 11.8. The number of carbonyl (C=O) groups is 2. The zero-order chi connectivity index (χ0) is 13.1. The molecule has 0 spiro atoms. The Kier molecular flexibility index (Phi) is 4.43. The average molecular weight is 240 g/mol. The molecule has 1 heterocycles. The van der Waals surface area contributed by atoms with E-state index in [9.17, 15) is 9.59 Å². The van der Waals surface area contributed by atoms with Gasteiger partial charge >= 0.3 is 6.09 Å². The van der Waals surface area contributed by atoms with Crippen LogP contribution in [0.1, 0.15) is 40.0 Å². The zero-order valence-electron chi connectivity index (χ0n) is 11.1. The van der Waals surface area contributed by atoms with E-state index >= 15 is 0 Å². The number of hydrogen-bond acceptors (Lipinski definition) is 3. The lowest BCUT2D eigenvalue weighted by atomic mass is 10.1. The fourth-order valence-corrected chi connectivity index (χ4v) is 1.75. The number of rotatable bonds is 1. The fourth-order valence-electron chi connectivity index (χ4n) is 1.75. The Morgan fingerprint density at radius 3 is 2.71 bits per heavy atom. The molecular weight excluding hydrogens is 219 g/mol. The van der Waals surface area contributed by atoms with Gasteiger partial charge in [0.25, 0.3) is 0 Å². The number of nitrogens with one attached hydrogen (secondary N) is 1. The van der Waals surface area contributed by atoms with Gasteiger partial charge in [-0.05, 0) is 40.0 Å². The van der Waals surface area contributed by atoms with E-state index in [2.05, 4.69) is 5.32 Å². The minimum absolute atomic E-state index is 0.0872. The Morgan fingerprint density at radius 2 is 2.12 bits per heavy atom. The molecule has 1 aliphatic heterocycles. The van der Waals surface area contributed by atoms with Gasteiger partial charge < -0.3 is 14.9 Å². The molecule has 1 atom stereocenters. The number of amides is 2. The van der Waals surface area contributed by atoms with E-state index in [4.69, 9.17) is 4.74 Å². The summed E-state index contributed by atoms with van der Waals surface area (Å²) in [7, 11) is 1.61. The molecule has 0 unspecified atom stereocenters. The lowest BCUT2D eigenvalue weighted by Gasteiger charge is -2.29. The van der Waals surface area contributed by atoms with Gasteiger partial charge in [-0.3, -0.25) is 4.79 Å². The normalized spacial score (nSPS) is 21.4. The van der Waals surface area contributed by atoms with Gasteiger partial charge in [0.15, 0.2) is 0 Å². The first kappa shape index (κ1) is 13.9. The summed E-state index contributed by atoms with van der Waals surface area (Å²) < 4.78 is 5.25. The maximum atomic E-state index is 11.8. The minimum Gasteiger partial charge on any atom is -0.445 e. The first-order valence-electron chi connectivity index (χ1n) is 6.05. The largest absolute Gasteiger partial charge is 0.445 e. The van der Waals surface area contributed by atoms with Crippen molar-refractivity contribution in [1.29, 1.82) is 0 Å². The Morgan fingerprint density at radius 1 is 1.47 bits per heavy atom. The summed E-state index contributed by atoms with van der Waals surface area (Å²) in [4.78, 5) is 25.0. The molecule has 0 aromatic rings. The molecule has 96 valence electrons. The predicted octanol–water partition coefficient (Wildman–Crippen LogP) is 0.440. The van der Waals surface area contributed by atoms with Gasteiger partial charge in [-0.1, -0.05) is 0 Å². The Bertz CT molecular complexity index is 302. The van der Waals surface area contributed by atoms with Crippen molar-refractivity contribution in [1.82, 2.24) is 10.1 Å². The van der Waals surface area contributed by atoms with Gasteiger partial charge in [0, 0.05) is 6.54 Å². The number of ether oxygens (including phenoxy) is 1. The van der Waals surface area contributed by atoms with Crippen molar-refractivity contribution in [3.63, 3.8) is 0 Å². The van der Waals surface area contributed by atoms with Crippen molar-refractivity contribution in [3.05, 3.63) is 0 Å². The maximum Gasteiger partial charge on any atom is 0.398 e. The quantitative estimate of drug-likeness (QED) is 0.676. The fraction of sp³-hybridized carbons (Fsp3) is 0.818. The van der Waals surface area contributed by atoms with Crippen molar-refractivity contribution in [3.8, 4) is 0 Å². The lowest BCUT2D eigenvalue weighted by molar-refractivity contribution is -0.124. The third-order valence-electron chi connectivity index (χ3n) is 2.66. The first-order chi connectivity index (χ1) is 7.81. The lowest BCUT2D eigenvalue weighted by Crippen LogP contribution is -2.48. The van der Waals surface area contributed by atoms with Crippen molar-refractivity contribution in [2.24, 2.45) is 0 Å². The smallest absolute Gasteiger partial charge is 0.398 e. The van der Waals surface area contributed by atoms with Gasteiger partial charge in [0.05, 0.1) is 0 Å². The van der Waals surface area contributed by atoms with E-state index in [0.717, 1.165) is 12.8 Å². The summed E-state index contributed by atoms with van der Waals surface area (Å²) in [5.74, 6) is -0.0872. The van der Waals surface area contributed by atoms with Crippen LogP contribution in [0.4, 0.5) is 4.79 Å². The van der Waals surface area contributed by atoms with Crippen LogP contribution in [0, 0.1) is 0 Å². The zero-order valence-corrected chi connectivity index (χ0v) is 11.1. The molecule has 2 amide bonds. The Balaban J connectivity index is 2.63. The SMILES string of the molecule is BN(C(=O)OC(C)(C)C)[C@H]1CCCCNC1=O. The Labute approximate surface area is 103 Å². The van der Waals surface area contributed by atoms with Gasteiger partial charge in [-0.2, -0.15) is 0 Å². The second-order valence-corrected chi connectivity index (χ2v) is 5.39. The van der Waals surface area contributed by atoms with E-state index in [-0.39, 0.29) is 5.91 Å². The van der Waals surface area contributed by atoms with Crippen molar-refractivity contribution in [2.75, 3.05) is 6.54 Å². The monoisotopic (exact) mass is 240 g/mol. The highest BCUT2D eigenvalue weighted by Gasteiger charge is 2.30. The molecule has 1 N–H and O–H groups in total. The summed E-state index contributed by atoms with van der Waals surface area (Å²) in [5, 5.41) is 2.80. The highest BCUT2D eigenvalue weighted by atomic mass is 16.6. The van der Waals surface area contributed by atoms with Crippen molar-refractivity contribution >= 4 is 20.0 Å². The predicted molar refractivity (Wildman–Crippen MR) is 67.3 cm³/mol. The highest BCUT2D eigenvalue weighted by Crippen LogP contribution is 2.15. The number of carbonyl (C=O) groups excluding carboxylic acids is 2. The van der Waals surface area contributed by atoms with Crippen molar-refractivity contribution in [2.45, 2.75) is 51.7 Å². The van der Waals surface area contributed by atoms with Crippen LogP contribution in [0.2, 0.25) is 0 Å². The molecule has 0 radical (unpaired) electrons. The van der Waals surface area contributed by atoms with E-state index in [1.54, 1.807) is 7.98 Å². The van der Waals surface area contributed by atoms with Crippen LogP contribution < -0.4 is 5.32 Å². The molecule has 1 saturated heterocycles. The van der Waals surface area contributed by atoms with E-state index in [1.807, 2.05) is 20.8 Å².